The lowest BCUT2D eigenvalue weighted by Gasteiger charge is -2.11. The van der Waals surface area contributed by atoms with Crippen LogP contribution in [0.1, 0.15) is 39.2 Å². The lowest BCUT2D eigenvalue weighted by molar-refractivity contribution is -0.136. The second kappa shape index (κ2) is 8.14. The van der Waals surface area contributed by atoms with Crippen molar-refractivity contribution < 1.29 is 14.4 Å². The van der Waals surface area contributed by atoms with Gasteiger partial charge in [0.2, 0.25) is 0 Å². The maximum Gasteiger partial charge on any atom is 0.314 e. The fourth-order valence-corrected chi connectivity index (χ4v) is 4.41. The van der Waals surface area contributed by atoms with Crippen LogP contribution in [0.5, 0.6) is 0 Å². The van der Waals surface area contributed by atoms with Crippen molar-refractivity contribution in [2.75, 3.05) is 11.9 Å². The van der Waals surface area contributed by atoms with Gasteiger partial charge in [0.1, 0.15) is 5.00 Å². The summed E-state index contributed by atoms with van der Waals surface area (Å²) in [7, 11) is 0. The number of carbonyl (C=O) groups excluding carboxylic acids is 3. The number of aryl methyl sites for hydroxylation is 1. The van der Waals surface area contributed by atoms with E-state index < -0.39 is 17.7 Å². The summed E-state index contributed by atoms with van der Waals surface area (Å²) in [5, 5.41) is 5.55. The molecule has 26 heavy (non-hydrogen) atoms. The predicted octanol–water partition coefficient (Wildman–Crippen LogP) is 2.02. The largest absolute Gasteiger partial charge is 0.365 e. The molecule has 0 fully saturated rings. The van der Waals surface area contributed by atoms with Gasteiger partial charge in [-0.2, -0.15) is 0 Å². The first kappa shape index (κ1) is 18.1. The van der Waals surface area contributed by atoms with Gasteiger partial charge in [-0.25, -0.2) is 0 Å². The number of primary amides is 1. The van der Waals surface area contributed by atoms with Crippen LogP contribution in [0.2, 0.25) is 0 Å². The Labute approximate surface area is 155 Å². The molecule has 0 unspecified atom stereocenters. The SMILES string of the molecule is NC(=O)c1c(NC(=O)C(=O)NCCc2ccccc2)sc2c1CCCC2. The summed E-state index contributed by atoms with van der Waals surface area (Å²) in [6.45, 7) is 0.361. The molecule has 2 aromatic rings. The van der Waals surface area contributed by atoms with Gasteiger partial charge in [0.05, 0.1) is 5.56 Å². The van der Waals surface area contributed by atoms with Crippen molar-refractivity contribution >= 4 is 34.1 Å². The number of hydrogen-bond acceptors (Lipinski definition) is 4. The summed E-state index contributed by atoms with van der Waals surface area (Å²) in [4.78, 5) is 37.1. The summed E-state index contributed by atoms with van der Waals surface area (Å²) in [6.07, 6.45) is 4.35. The molecule has 1 aliphatic carbocycles. The zero-order valence-corrected chi connectivity index (χ0v) is 15.2. The molecule has 4 N–H and O–H groups in total. The molecule has 0 atom stereocenters. The Morgan fingerprint density at radius 3 is 2.50 bits per heavy atom. The predicted molar refractivity (Wildman–Crippen MR) is 101 cm³/mol. The van der Waals surface area contributed by atoms with E-state index in [1.54, 1.807) is 0 Å². The van der Waals surface area contributed by atoms with E-state index in [1.807, 2.05) is 30.3 Å². The molecule has 3 rings (SSSR count). The monoisotopic (exact) mass is 371 g/mol. The molecule has 0 spiro atoms. The molecule has 0 radical (unpaired) electrons. The van der Waals surface area contributed by atoms with Crippen LogP contribution < -0.4 is 16.4 Å². The van der Waals surface area contributed by atoms with Crippen molar-refractivity contribution in [2.24, 2.45) is 5.73 Å². The quantitative estimate of drug-likeness (QED) is 0.701. The van der Waals surface area contributed by atoms with Crippen molar-refractivity contribution in [1.82, 2.24) is 5.32 Å². The summed E-state index contributed by atoms with van der Waals surface area (Å²) in [6, 6.07) is 9.69. The number of hydrogen-bond donors (Lipinski definition) is 3. The minimum absolute atomic E-state index is 0.357. The molecule has 136 valence electrons. The molecule has 1 aromatic heterocycles. The topological polar surface area (TPSA) is 101 Å². The third-order valence-electron chi connectivity index (χ3n) is 4.39. The molecule has 7 heteroatoms. The standard InChI is InChI=1S/C19H21N3O3S/c20-16(23)15-13-8-4-5-9-14(13)26-19(15)22-18(25)17(24)21-11-10-12-6-2-1-3-7-12/h1-3,6-7H,4-5,8-11H2,(H2,20,23)(H,21,24)(H,22,25). The molecule has 1 heterocycles. The lowest BCUT2D eigenvalue weighted by atomic mass is 9.95. The van der Waals surface area contributed by atoms with Crippen molar-refractivity contribution in [1.29, 1.82) is 0 Å². The van der Waals surface area contributed by atoms with Gasteiger partial charge in [-0.15, -0.1) is 11.3 Å². The van der Waals surface area contributed by atoms with Crippen LogP contribution in [0, 0.1) is 0 Å². The minimum atomic E-state index is -0.779. The average molecular weight is 371 g/mol. The number of anilines is 1. The third-order valence-corrected chi connectivity index (χ3v) is 5.60. The Kier molecular flexibility index (Phi) is 5.68. The van der Waals surface area contributed by atoms with E-state index in [0.29, 0.717) is 23.5 Å². The number of thiophene rings is 1. The number of benzene rings is 1. The molecular formula is C19H21N3O3S. The lowest BCUT2D eigenvalue weighted by Crippen LogP contribution is -2.36. The van der Waals surface area contributed by atoms with Gasteiger partial charge in [0.25, 0.3) is 5.91 Å². The smallest absolute Gasteiger partial charge is 0.314 e. The second-order valence-electron chi connectivity index (χ2n) is 6.22. The molecule has 0 saturated carbocycles. The van der Waals surface area contributed by atoms with Crippen LogP contribution in [0.15, 0.2) is 30.3 Å². The van der Waals surface area contributed by atoms with Crippen LogP contribution in [-0.4, -0.2) is 24.3 Å². The van der Waals surface area contributed by atoms with Crippen LogP contribution in [0.4, 0.5) is 5.00 Å². The molecular weight excluding hydrogens is 350 g/mol. The molecule has 0 saturated heterocycles. The number of nitrogens with one attached hydrogen (secondary N) is 2. The van der Waals surface area contributed by atoms with Gasteiger partial charge < -0.3 is 16.4 Å². The normalized spacial score (nSPS) is 12.9. The second-order valence-corrected chi connectivity index (χ2v) is 7.33. The van der Waals surface area contributed by atoms with E-state index in [0.717, 1.165) is 41.7 Å². The highest BCUT2D eigenvalue weighted by molar-refractivity contribution is 7.17. The maximum absolute atomic E-state index is 12.2. The van der Waals surface area contributed by atoms with E-state index in [1.165, 1.54) is 11.3 Å². The number of fused-ring (bicyclic) bond motifs is 1. The van der Waals surface area contributed by atoms with Gasteiger partial charge >= 0.3 is 11.8 Å². The Balaban J connectivity index is 1.61. The van der Waals surface area contributed by atoms with Gasteiger partial charge in [-0.3, -0.25) is 14.4 Å². The molecule has 1 aliphatic rings. The Hall–Kier alpha value is -2.67. The molecule has 0 bridgehead atoms. The fraction of sp³-hybridized carbons (Fsp3) is 0.316. The highest BCUT2D eigenvalue weighted by Gasteiger charge is 2.26. The van der Waals surface area contributed by atoms with Gasteiger partial charge in [0.15, 0.2) is 0 Å². The van der Waals surface area contributed by atoms with Gasteiger partial charge in [-0.1, -0.05) is 30.3 Å². The van der Waals surface area contributed by atoms with Crippen LogP contribution >= 0.6 is 11.3 Å². The highest BCUT2D eigenvalue weighted by Crippen LogP contribution is 2.37. The zero-order valence-electron chi connectivity index (χ0n) is 14.3. The number of nitrogens with two attached hydrogens (primary N) is 1. The van der Waals surface area contributed by atoms with E-state index in [4.69, 9.17) is 5.73 Å². The van der Waals surface area contributed by atoms with E-state index >= 15 is 0 Å². The number of rotatable bonds is 5. The fourth-order valence-electron chi connectivity index (χ4n) is 3.12. The highest BCUT2D eigenvalue weighted by atomic mass is 32.1. The molecule has 1 aromatic carbocycles. The van der Waals surface area contributed by atoms with E-state index in [9.17, 15) is 14.4 Å². The number of amides is 3. The maximum atomic E-state index is 12.2. The van der Waals surface area contributed by atoms with Crippen molar-refractivity contribution in [3.05, 3.63) is 51.9 Å². The van der Waals surface area contributed by atoms with E-state index in [-0.39, 0.29) is 0 Å². The first-order valence-corrected chi connectivity index (χ1v) is 9.45. The summed E-state index contributed by atoms with van der Waals surface area (Å²) in [5.74, 6) is -2.06. The first-order chi connectivity index (χ1) is 12.6. The van der Waals surface area contributed by atoms with E-state index in [2.05, 4.69) is 10.6 Å². The van der Waals surface area contributed by atoms with Crippen molar-refractivity contribution in [3.8, 4) is 0 Å². The Bertz CT molecular complexity index is 830. The van der Waals surface area contributed by atoms with Gasteiger partial charge in [-0.05, 0) is 43.2 Å². The van der Waals surface area contributed by atoms with Crippen LogP contribution in [0.25, 0.3) is 0 Å². The minimum Gasteiger partial charge on any atom is -0.365 e. The van der Waals surface area contributed by atoms with Crippen molar-refractivity contribution in [2.45, 2.75) is 32.1 Å². The first-order valence-electron chi connectivity index (χ1n) is 8.63. The Morgan fingerprint density at radius 1 is 1.04 bits per heavy atom. The van der Waals surface area contributed by atoms with Crippen LogP contribution in [0.3, 0.4) is 0 Å². The molecule has 6 nitrogen and oxygen atoms in total. The third kappa shape index (κ3) is 4.11. The number of carbonyl (C=O) groups is 3. The van der Waals surface area contributed by atoms with Crippen LogP contribution in [-0.2, 0) is 28.9 Å². The van der Waals surface area contributed by atoms with Gasteiger partial charge in [0, 0.05) is 11.4 Å². The zero-order chi connectivity index (χ0) is 18.5. The molecule has 3 amide bonds. The van der Waals surface area contributed by atoms with Crippen molar-refractivity contribution in [3.63, 3.8) is 0 Å². The Morgan fingerprint density at radius 2 is 1.77 bits per heavy atom. The molecule has 0 aliphatic heterocycles. The summed E-state index contributed by atoms with van der Waals surface area (Å²) in [5.41, 5.74) is 7.86. The average Bonchev–Trinajstić information content (AvgIpc) is 3.00. The summed E-state index contributed by atoms with van der Waals surface area (Å²) >= 11 is 1.34. The summed E-state index contributed by atoms with van der Waals surface area (Å²) < 4.78 is 0.